The van der Waals surface area contributed by atoms with E-state index in [0.29, 0.717) is 5.56 Å². The third-order valence-corrected chi connectivity index (χ3v) is 4.51. The van der Waals surface area contributed by atoms with Gasteiger partial charge in [0.2, 0.25) is 5.91 Å². The van der Waals surface area contributed by atoms with Gasteiger partial charge < -0.3 is 15.3 Å². The molecule has 0 radical (unpaired) electrons. The van der Waals surface area contributed by atoms with E-state index in [4.69, 9.17) is 0 Å². The van der Waals surface area contributed by atoms with Gasteiger partial charge in [0.25, 0.3) is 5.91 Å². The number of nitrogens with zero attached hydrogens (tertiary/aromatic N) is 1. The summed E-state index contributed by atoms with van der Waals surface area (Å²) in [5, 5.41) is 11.9. The summed E-state index contributed by atoms with van der Waals surface area (Å²) in [4.78, 5) is 37.5. The average Bonchev–Trinajstić information content (AvgIpc) is 2.66. The zero-order chi connectivity index (χ0) is 20.0. The summed E-state index contributed by atoms with van der Waals surface area (Å²) in [6, 6.07) is 13.4. The molecule has 2 N–H and O–H groups in total. The van der Waals surface area contributed by atoms with Crippen LogP contribution in [0.25, 0.3) is 0 Å². The highest BCUT2D eigenvalue weighted by Gasteiger charge is 2.26. The monoisotopic (exact) mass is 368 g/mol. The van der Waals surface area contributed by atoms with Crippen molar-refractivity contribution in [3.8, 4) is 0 Å². The van der Waals surface area contributed by atoms with E-state index in [1.54, 1.807) is 12.1 Å². The maximum absolute atomic E-state index is 12.6. The molecule has 0 spiro atoms. The van der Waals surface area contributed by atoms with Crippen molar-refractivity contribution < 1.29 is 19.5 Å². The van der Waals surface area contributed by atoms with Gasteiger partial charge in [-0.15, -0.1) is 0 Å². The maximum atomic E-state index is 12.6. The van der Waals surface area contributed by atoms with Crippen molar-refractivity contribution in [1.29, 1.82) is 0 Å². The van der Waals surface area contributed by atoms with E-state index in [2.05, 4.69) is 5.32 Å². The summed E-state index contributed by atoms with van der Waals surface area (Å²) in [5.41, 5.74) is 3.34. The number of aryl methyl sites for hydroxylation is 2. The number of carbonyl (C=O) groups is 3. The van der Waals surface area contributed by atoms with Gasteiger partial charge in [-0.1, -0.05) is 36.4 Å². The molecule has 0 aliphatic heterocycles. The second-order valence-electron chi connectivity index (χ2n) is 6.50. The van der Waals surface area contributed by atoms with Crippen molar-refractivity contribution in [2.75, 3.05) is 6.54 Å². The highest BCUT2D eigenvalue weighted by atomic mass is 16.4. The minimum atomic E-state index is -1.10. The molecule has 6 heteroatoms. The predicted molar refractivity (Wildman–Crippen MR) is 102 cm³/mol. The lowest BCUT2D eigenvalue weighted by Crippen LogP contribution is -2.47. The molecule has 0 heterocycles. The number of rotatable bonds is 7. The van der Waals surface area contributed by atoms with Gasteiger partial charge in [0.15, 0.2) is 0 Å². The molecule has 1 atom stereocenters. The largest absolute Gasteiger partial charge is 0.480 e. The summed E-state index contributed by atoms with van der Waals surface area (Å²) in [6.45, 7) is 5.21. The maximum Gasteiger partial charge on any atom is 0.326 e. The summed E-state index contributed by atoms with van der Waals surface area (Å²) in [7, 11) is 0. The fourth-order valence-corrected chi connectivity index (χ4v) is 2.60. The van der Waals surface area contributed by atoms with Gasteiger partial charge in [0.1, 0.15) is 6.04 Å². The Morgan fingerprint density at radius 1 is 1.04 bits per heavy atom. The van der Waals surface area contributed by atoms with Crippen molar-refractivity contribution >= 4 is 17.8 Å². The van der Waals surface area contributed by atoms with Crippen LogP contribution >= 0.6 is 0 Å². The SMILES string of the molecule is Cc1ccc(C(=O)NCC(=O)N(Cc2ccccc2)C(C)C(=O)O)cc1C. The van der Waals surface area contributed by atoms with Crippen molar-refractivity contribution in [2.45, 2.75) is 33.4 Å². The van der Waals surface area contributed by atoms with Crippen LogP contribution in [0.5, 0.6) is 0 Å². The molecule has 142 valence electrons. The molecule has 0 fully saturated rings. The van der Waals surface area contributed by atoms with Gasteiger partial charge in [0.05, 0.1) is 6.54 Å². The Balaban J connectivity index is 2.07. The normalized spacial score (nSPS) is 11.5. The fourth-order valence-electron chi connectivity index (χ4n) is 2.60. The molecule has 2 amide bonds. The second-order valence-corrected chi connectivity index (χ2v) is 6.50. The number of carboxylic acid groups (broad SMARTS) is 1. The standard InChI is InChI=1S/C21H24N2O4/c1-14-9-10-18(11-15(14)2)20(25)22-12-19(24)23(16(3)21(26)27)13-17-7-5-4-6-8-17/h4-11,16H,12-13H2,1-3H3,(H,22,25)(H,26,27). The fraction of sp³-hybridized carbons (Fsp3) is 0.286. The van der Waals surface area contributed by atoms with Crippen molar-refractivity contribution in [3.05, 3.63) is 70.8 Å². The lowest BCUT2D eigenvalue weighted by Gasteiger charge is -2.27. The Morgan fingerprint density at radius 3 is 2.30 bits per heavy atom. The van der Waals surface area contributed by atoms with Crippen LogP contribution in [0.1, 0.15) is 34.0 Å². The molecule has 2 aromatic rings. The Hall–Kier alpha value is -3.15. The van der Waals surface area contributed by atoms with Crippen molar-refractivity contribution in [3.63, 3.8) is 0 Å². The Morgan fingerprint density at radius 2 is 1.70 bits per heavy atom. The van der Waals surface area contributed by atoms with Crippen molar-refractivity contribution in [2.24, 2.45) is 0 Å². The van der Waals surface area contributed by atoms with E-state index in [9.17, 15) is 19.5 Å². The first-order valence-electron chi connectivity index (χ1n) is 8.71. The first-order chi connectivity index (χ1) is 12.8. The number of benzene rings is 2. The molecular weight excluding hydrogens is 344 g/mol. The highest BCUT2D eigenvalue weighted by molar-refractivity contribution is 5.97. The van der Waals surface area contributed by atoms with Gasteiger partial charge in [-0.3, -0.25) is 9.59 Å². The highest BCUT2D eigenvalue weighted by Crippen LogP contribution is 2.11. The van der Waals surface area contributed by atoms with Crippen LogP contribution in [0.3, 0.4) is 0 Å². The third kappa shape index (κ3) is 5.41. The minimum Gasteiger partial charge on any atom is -0.480 e. The molecular formula is C21H24N2O4. The van der Waals surface area contributed by atoms with Gasteiger partial charge in [0, 0.05) is 12.1 Å². The molecule has 0 saturated carbocycles. The molecule has 0 aromatic heterocycles. The Bertz CT molecular complexity index is 833. The Labute approximate surface area is 158 Å². The first kappa shape index (κ1) is 20.2. The number of hydrogen-bond acceptors (Lipinski definition) is 3. The lowest BCUT2D eigenvalue weighted by atomic mass is 10.1. The summed E-state index contributed by atoms with van der Waals surface area (Å²) < 4.78 is 0. The lowest BCUT2D eigenvalue weighted by molar-refractivity contribution is -0.149. The number of nitrogens with one attached hydrogen (secondary N) is 1. The van der Waals surface area contributed by atoms with E-state index < -0.39 is 17.9 Å². The van der Waals surface area contributed by atoms with Gasteiger partial charge in [-0.2, -0.15) is 0 Å². The second kappa shape index (κ2) is 8.98. The first-order valence-corrected chi connectivity index (χ1v) is 8.71. The molecule has 2 aromatic carbocycles. The van der Waals surface area contributed by atoms with E-state index in [-0.39, 0.29) is 19.0 Å². The van der Waals surface area contributed by atoms with E-state index in [1.165, 1.54) is 11.8 Å². The Kier molecular flexibility index (Phi) is 6.71. The summed E-state index contributed by atoms with van der Waals surface area (Å²) >= 11 is 0. The molecule has 0 bridgehead atoms. The minimum absolute atomic E-state index is 0.159. The molecule has 0 aliphatic carbocycles. The van der Waals surface area contributed by atoms with E-state index in [0.717, 1.165) is 16.7 Å². The van der Waals surface area contributed by atoms with Crippen LogP contribution < -0.4 is 5.32 Å². The van der Waals surface area contributed by atoms with Crippen LogP contribution in [-0.4, -0.2) is 40.4 Å². The van der Waals surface area contributed by atoms with Crippen LogP contribution in [0.15, 0.2) is 48.5 Å². The van der Waals surface area contributed by atoms with Gasteiger partial charge in [-0.05, 0) is 49.6 Å². The van der Waals surface area contributed by atoms with Gasteiger partial charge in [-0.25, -0.2) is 4.79 Å². The summed E-state index contributed by atoms with van der Waals surface area (Å²) in [6.07, 6.45) is 0. The zero-order valence-corrected chi connectivity index (χ0v) is 15.7. The van der Waals surface area contributed by atoms with Crippen LogP contribution in [-0.2, 0) is 16.1 Å². The molecule has 1 unspecified atom stereocenters. The van der Waals surface area contributed by atoms with Gasteiger partial charge >= 0.3 is 5.97 Å². The number of aliphatic carboxylic acids is 1. The number of hydrogen-bond donors (Lipinski definition) is 2. The zero-order valence-electron chi connectivity index (χ0n) is 15.7. The third-order valence-electron chi connectivity index (χ3n) is 4.51. The number of carbonyl (C=O) groups excluding carboxylic acids is 2. The molecule has 0 aliphatic rings. The number of amides is 2. The van der Waals surface area contributed by atoms with E-state index >= 15 is 0 Å². The van der Waals surface area contributed by atoms with E-state index in [1.807, 2.05) is 50.2 Å². The molecule has 2 rings (SSSR count). The molecule has 0 saturated heterocycles. The molecule has 27 heavy (non-hydrogen) atoms. The predicted octanol–water partition coefficient (Wildman–Crippen LogP) is 2.54. The topological polar surface area (TPSA) is 86.7 Å². The van der Waals surface area contributed by atoms with Crippen LogP contribution in [0, 0.1) is 13.8 Å². The smallest absolute Gasteiger partial charge is 0.326 e. The number of carboxylic acids is 1. The van der Waals surface area contributed by atoms with Crippen molar-refractivity contribution in [1.82, 2.24) is 10.2 Å². The average molecular weight is 368 g/mol. The summed E-state index contributed by atoms with van der Waals surface area (Å²) in [5.74, 6) is -1.92. The van der Waals surface area contributed by atoms with Crippen LogP contribution in [0.2, 0.25) is 0 Å². The quantitative estimate of drug-likeness (QED) is 0.786. The van der Waals surface area contributed by atoms with Crippen LogP contribution in [0.4, 0.5) is 0 Å². The molecule has 6 nitrogen and oxygen atoms in total.